The molecule has 2 heterocycles. The van der Waals surface area contributed by atoms with Crippen molar-refractivity contribution >= 4 is 0 Å². The lowest BCUT2D eigenvalue weighted by molar-refractivity contribution is 1.11. The van der Waals surface area contributed by atoms with Gasteiger partial charge in [-0.25, -0.2) is 9.97 Å². The van der Waals surface area contributed by atoms with Crippen LogP contribution in [0.15, 0.2) is 54.9 Å². The van der Waals surface area contributed by atoms with Gasteiger partial charge in [-0.05, 0) is 32.0 Å². The summed E-state index contributed by atoms with van der Waals surface area (Å²) >= 11 is 0. The Hall–Kier alpha value is -2.55. The molecule has 0 saturated heterocycles. The minimum atomic E-state index is 0.761. The van der Waals surface area contributed by atoms with Gasteiger partial charge in [-0.15, -0.1) is 0 Å². The van der Waals surface area contributed by atoms with Gasteiger partial charge in [0, 0.05) is 29.2 Å². The summed E-state index contributed by atoms with van der Waals surface area (Å²) in [5, 5.41) is 0. The van der Waals surface area contributed by atoms with Crippen molar-refractivity contribution in [3.8, 4) is 22.6 Å². The molecular formula is C17H15N3. The summed E-state index contributed by atoms with van der Waals surface area (Å²) in [5.74, 6) is 0.761. The van der Waals surface area contributed by atoms with E-state index in [-0.39, 0.29) is 0 Å². The van der Waals surface area contributed by atoms with E-state index in [1.807, 2.05) is 25.1 Å². The van der Waals surface area contributed by atoms with E-state index in [4.69, 9.17) is 0 Å². The maximum Gasteiger partial charge on any atom is 0.160 e. The minimum Gasteiger partial charge on any atom is -0.265 e. The molecule has 0 aliphatic rings. The Labute approximate surface area is 118 Å². The van der Waals surface area contributed by atoms with Gasteiger partial charge < -0.3 is 0 Å². The SMILES string of the molecule is Cc1ccc(-c2nc(C)cc(-c3ccncc3)n2)cc1. The predicted octanol–water partition coefficient (Wildman–Crippen LogP) is 3.82. The van der Waals surface area contributed by atoms with Crippen molar-refractivity contribution in [1.29, 1.82) is 0 Å². The van der Waals surface area contributed by atoms with Crippen molar-refractivity contribution in [2.45, 2.75) is 13.8 Å². The van der Waals surface area contributed by atoms with Gasteiger partial charge in [-0.1, -0.05) is 29.8 Å². The lowest BCUT2D eigenvalue weighted by Crippen LogP contribution is -1.95. The fraction of sp³-hybridized carbons (Fsp3) is 0.118. The maximum absolute atomic E-state index is 4.66. The van der Waals surface area contributed by atoms with Crippen LogP contribution in [0.4, 0.5) is 0 Å². The van der Waals surface area contributed by atoms with Gasteiger partial charge in [0.15, 0.2) is 5.82 Å². The number of pyridine rings is 1. The highest BCUT2D eigenvalue weighted by Gasteiger charge is 2.06. The van der Waals surface area contributed by atoms with Crippen LogP contribution < -0.4 is 0 Å². The predicted molar refractivity (Wildman–Crippen MR) is 80.2 cm³/mol. The highest BCUT2D eigenvalue weighted by Crippen LogP contribution is 2.22. The van der Waals surface area contributed by atoms with Crippen LogP contribution in [0, 0.1) is 13.8 Å². The number of hydrogen-bond acceptors (Lipinski definition) is 3. The largest absolute Gasteiger partial charge is 0.265 e. The molecule has 2 aromatic heterocycles. The molecule has 0 unspecified atom stereocenters. The second-order valence-electron chi connectivity index (χ2n) is 4.82. The van der Waals surface area contributed by atoms with Crippen LogP contribution in [0.2, 0.25) is 0 Å². The van der Waals surface area contributed by atoms with Crippen molar-refractivity contribution in [2.75, 3.05) is 0 Å². The summed E-state index contributed by atoms with van der Waals surface area (Å²) in [7, 11) is 0. The second kappa shape index (κ2) is 5.21. The molecular weight excluding hydrogens is 246 g/mol. The Bertz CT molecular complexity index is 719. The highest BCUT2D eigenvalue weighted by molar-refractivity contribution is 5.63. The fourth-order valence-corrected chi connectivity index (χ4v) is 2.07. The van der Waals surface area contributed by atoms with Gasteiger partial charge in [0.25, 0.3) is 0 Å². The van der Waals surface area contributed by atoms with Crippen molar-refractivity contribution < 1.29 is 0 Å². The first kappa shape index (κ1) is 12.5. The van der Waals surface area contributed by atoms with E-state index < -0.39 is 0 Å². The highest BCUT2D eigenvalue weighted by atomic mass is 14.9. The fourth-order valence-electron chi connectivity index (χ4n) is 2.07. The summed E-state index contributed by atoms with van der Waals surface area (Å²) in [6, 6.07) is 14.2. The lowest BCUT2D eigenvalue weighted by Gasteiger charge is -2.06. The van der Waals surface area contributed by atoms with Gasteiger partial charge in [-0.3, -0.25) is 4.98 Å². The monoisotopic (exact) mass is 261 g/mol. The molecule has 3 rings (SSSR count). The molecule has 0 aliphatic heterocycles. The van der Waals surface area contributed by atoms with Crippen LogP contribution in [-0.4, -0.2) is 15.0 Å². The van der Waals surface area contributed by atoms with Crippen molar-refractivity contribution in [3.63, 3.8) is 0 Å². The maximum atomic E-state index is 4.66. The van der Waals surface area contributed by atoms with E-state index in [1.54, 1.807) is 12.4 Å². The third-order valence-electron chi connectivity index (χ3n) is 3.14. The molecule has 0 amide bonds. The number of rotatable bonds is 2. The molecule has 3 heteroatoms. The molecule has 0 aliphatic carbocycles. The Balaban J connectivity index is 2.09. The zero-order valence-electron chi connectivity index (χ0n) is 11.5. The van der Waals surface area contributed by atoms with E-state index in [2.05, 4.69) is 46.1 Å². The van der Waals surface area contributed by atoms with Crippen LogP contribution in [-0.2, 0) is 0 Å². The number of aromatic nitrogens is 3. The lowest BCUT2D eigenvalue weighted by atomic mass is 10.1. The number of benzene rings is 1. The molecule has 3 nitrogen and oxygen atoms in total. The van der Waals surface area contributed by atoms with Gasteiger partial charge in [0.05, 0.1) is 5.69 Å². The molecule has 98 valence electrons. The molecule has 0 atom stereocenters. The molecule has 0 fully saturated rings. The van der Waals surface area contributed by atoms with Crippen LogP contribution in [0.3, 0.4) is 0 Å². The summed E-state index contributed by atoms with van der Waals surface area (Å²) in [6.07, 6.45) is 3.55. The minimum absolute atomic E-state index is 0.761. The van der Waals surface area contributed by atoms with E-state index in [1.165, 1.54) is 5.56 Å². The van der Waals surface area contributed by atoms with Gasteiger partial charge in [0.1, 0.15) is 0 Å². The Morgan fingerprint density at radius 1 is 0.750 bits per heavy atom. The van der Waals surface area contributed by atoms with E-state index >= 15 is 0 Å². The van der Waals surface area contributed by atoms with Gasteiger partial charge >= 0.3 is 0 Å². The van der Waals surface area contributed by atoms with Crippen molar-refractivity contribution in [2.24, 2.45) is 0 Å². The number of hydrogen-bond donors (Lipinski definition) is 0. The second-order valence-corrected chi connectivity index (χ2v) is 4.82. The number of nitrogens with zero attached hydrogens (tertiary/aromatic N) is 3. The van der Waals surface area contributed by atoms with Crippen LogP contribution in [0.25, 0.3) is 22.6 Å². The molecule has 0 radical (unpaired) electrons. The smallest absolute Gasteiger partial charge is 0.160 e. The summed E-state index contributed by atoms with van der Waals surface area (Å²) in [5.41, 5.74) is 5.21. The Kier molecular flexibility index (Phi) is 3.25. The van der Waals surface area contributed by atoms with Crippen molar-refractivity contribution in [1.82, 2.24) is 15.0 Å². The standard InChI is InChI=1S/C17H15N3/c1-12-3-5-15(6-4-12)17-19-13(2)11-16(20-17)14-7-9-18-10-8-14/h3-11H,1-2H3. The van der Waals surface area contributed by atoms with Crippen LogP contribution in [0.1, 0.15) is 11.3 Å². The molecule has 3 aromatic rings. The van der Waals surface area contributed by atoms with E-state index in [9.17, 15) is 0 Å². The van der Waals surface area contributed by atoms with E-state index in [0.29, 0.717) is 0 Å². The summed E-state index contributed by atoms with van der Waals surface area (Å²) in [4.78, 5) is 13.2. The van der Waals surface area contributed by atoms with Crippen LogP contribution in [0.5, 0.6) is 0 Å². The molecule has 1 aromatic carbocycles. The molecule has 20 heavy (non-hydrogen) atoms. The van der Waals surface area contributed by atoms with Gasteiger partial charge in [0.2, 0.25) is 0 Å². The summed E-state index contributed by atoms with van der Waals surface area (Å²) in [6.45, 7) is 4.06. The first-order chi connectivity index (χ1) is 9.72. The quantitative estimate of drug-likeness (QED) is 0.704. The first-order valence-electron chi connectivity index (χ1n) is 6.55. The van der Waals surface area contributed by atoms with Crippen LogP contribution >= 0.6 is 0 Å². The number of aryl methyl sites for hydroxylation is 2. The Morgan fingerprint density at radius 2 is 1.45 bits per heavy atom. The molecule has 0 bridgehead atoms. The zero-order chi connectivity index (χ0) is 13.9. The molecule has 0 spiro atoms. The summed E-state index contributed by atoms with van der Waals surface area (Å²) < 4.78 is 0. The third-order valence-corrected chi connectivity index (χ3v) is 3.14. The topological polar surface area (TPSA) is 38.7 Å². The van der Waals surface area contributed by atoms with E-state index in [0.717, 1.165) is 28.3 Å². The molecule has 0 saturated carbocycles. The molecule has 0 N–H and O–H groups in total. The first-order valence-corrected chi connectivity index (χ1v) is 6.55. The van der Waals surface area contributed by atoms with Crippen molar-refractivity contribution in [3.05, 3.63) is 66.1 Å². The normalized spacial score (nSPS) is 10.5. The Morgan fingerprint density at radius 3 is 2.15 bits per heavy atom. The average Bonchev–Trinajstić information content (AvgIpc) is 2.48. The van der Waals surface area contributed by atoms with Gasteiger partial charge in [-0.2, -0.15) is 0 Å². The zero-order valence-corrected chi connectivity index (χ0v) is 11.5. The third kappa shape index (κ3) is 2.57. The average molecular weight is 261 g/mol.